The van der Waals surface area contributed by atoms with Crippen molar-refractivity contribution < 1.29 is 0 Å². The fraction of sp³-hybridized carbons (Fsp3) is 0.800. The summed E-state index contributed by atoms with van der Waals surface area (Å²) in [7, 11) is 2.08. The highest BCUT2D eigenvalue weighted by Crippen LogP contribution is 2.23. The van der Waals surface area contributed by atoms with E-state index < -0.39 is 0 Å². The topological polar surface area (TPSA) is 42.7 Å². The first kappa shape index (κ1) is 9.65. The van der Waals surface area contributed by atoms with E-state index in [1.165, 1.54) is 18.7 Å². The van der Waals surface area contributed by atoms with Crippen LogP contribution in [0.4, 0.5) is 0 Å². The molecule has 1 saturated heterocycles. The standard InChI is InChI=1S/C10H18N4/c1-3-9-12-13-10(14(9)2)8-4-6-11-7-5-8/h8,11H,3-7H2,1-2H3. The van der Waals surface area contributed by atoms with E-state index in [0.717, 1.165) is 25.3 Å². The zero-order valence-electron chi connectivity index (χ0n) is 8.95. The lowest BCUT2D eigenvalue weighted by molar-refractivity contribution is 0.435. The van der Waals surface area contributed by atoms with Crippen LogP contribution in [0.2, 0.25) is 0 Å². The first-order valence-electron chi connectivity index (χ1n) is 5.41. The average Bonchev–Trinajstić information content (AvgIpc) is 2.61. The molecular formula is C10H18N4. The van der Waals surface area contributed by atoms with Gasteiger partial charge in [-0.25, -0.2) is 0 Å². The number of nitrogens with zero attached hydrogens (tertiary/aromatic N) is 3. The van der Waals surface area contributed by atoms with E-state index in [4.69, 9.17) is 0 Å². The number of aromatic nitrogens is 3. The molecule has 0 amide bonds. The lowest BCUT2D eigenvalue weighted by Gasteiger charge is -2.21. The van der Waals surface area contributed by atoms with Crippen molar-refractivity contribution in [3.05, 3.63) is 11.6 Å². The minimum absolute atomic E-state index is 0.606. The van der Waals surface area contributed by atoms with Crippen molar-refractivity contribution in [2.45, 2.75) is 32.1 Å². The van der Waals surface area contributed by atoms with E-state index in [2.05, 4.69) is 34.1 Å². The van der Waals surface area contributed by atoms with Gasteiger partial charge in [-0.15, -0.1) is 10.2 Å². The molecule has 1 fully saturated rings. The van der Waals surface area contributed by atoms with Crippen molar-refractivity contribution in [2.24, 2.45) is 7.05 Å². The first-order chi connectivity index (χ1) is 6.83. The molecule has 1 N–H and O–H groups in total. The summed E-state index contributed by atoms with van der Waals surface area (Å²) in [5.41, 5.74) is 0. The Bertz CT molecular complexity index is 299. The van der Waals surface area contributed by atoms with Gasteiger partial charge in [0.05, 0.1) is 0 Å². The summed E-state index contributed by atoms with van der Waals surface area (Å²) in [5, 5.41) is 11.9. The van der Waals surface area contributed by atoms with Gasteiger partial charge in [0.2, 0.25) is 0 Å². The summed E-state index contributed by atoms with van der Waals surface area (Å²) in [5.74, 6) is 2.87. The molecule has 0 aliphatic carbocycles. The van der Waals surface area contributed by atoms with Gasteiger partial charge >= 0.3 is 0 Å². The van der Waals surface area contributed by atoms with Gasteiger partial charge in [-0.2, -0.15) is 0 Å². The third-order valence-corrected chi connectivity index (χ3v) is 3.02. The van der Waals surface area contributed by atoms with Gasteiger partial charge in [-0.1, -0.05) is 6.92 Å². The van der Waals surface area contributed by atoms with Gasteiger partial charge in [0.25, 0.3) is 0 Å². The van der Waals surface area contributed by atoms with Crippen LogP contribution in [0.15, 0.2) is 0 Å². The number of hydrogen-bond donors (Lipinski definition) is 1. The SMILES string of the molecule is CCc1nnc(C2CCNCC2)n1C. The molecule has 0 unspecified atom stereocenters. The van der Waals surface area contributed by atoms with E-state index in [0.29, 0.717) is 5.92 Å². The van der Waals surface area contributed by atoms with Gasteiger partial charge in [0, 0.05) is 19.4 Å². The van der Waals surface area contributed by atoms with E-state index in [1.807, 2.05) is 0 Å². The Labute approximate surface area is 84.7 Å². The molecule has 0 saturated carbocycles. The van der Waals surface area contributed by atoms with Crippen LogP contribution in [0.25, 0.3) is 0 Å². The second-order valence-corrected chi connectivity index (χ2v) is 3.91. The van der Waals surface area contributed by atoms with Crippen molar-refractivity contribution in [3.63, 3.8) is 0 Å². The van der Waals surface area contributed by atoms with Gasteiger partial charge in [-0.3, -0.25) is 0 Å². The zero-order chi connectivity index (χ0) is 9.97. The monoisotopic (exact) mass is 194 g/mol. The van der Waals surface area contributed by atoms with Crippen molar-refractivity contribution in [1.29, 1.82) is 0 Å². The van der Waals surface area contributed by atoms with Crippen LogP contribution >= 0.6 is 0 Å². The quantitative estimate of drug-likeness (QED) is 0.759. The number of piperidine rings is 1. The van der Waals surface area contributed by atoms with Gasteiger partial charge in [0.1, 0.15) is 11.6 Å². The molecular weight excluding hydrogens is 176 g/mol. The average molecular weight is 194 g/mol. The Hall–Kier alpha value is -0.900. The maximum Gasteiger partial charge on any atom is 0.135 e. The van der Waals surface area contributed by atoms with Crippen LogP contribution < -0.4 is 5.32 Å². The molecule has 0 radical (unpaired) electrons. The normalized spacial score (nSPS) is 18.7. The van der Waals surface area contributed by atoms with E-state index in [1.54, 1.807) is 0 Å². The fourth-order valence-electron chi connectivity index (χ4n) is 2.12. The molecule has 4 nitrogen and oxygen atoms in total. The molecule has 0 bridgehead atoms. The maximum atomic E-state index is 4.30. The molecule has 2 heterocycles. The smallest absolute Gasteiger partial charge is 0.135 e. The molecule has 78 valence electrons. The van der Waals surface area contributed by atoms with Crippen LogP contribution in [0.3, 0.4) is 0 Å². The molecule has 0 aromatic carbocycles. The van der Waals surface area contributed by atoms with Crippen LogP contribution in [0.5, 0.6) is 0 Å². The van der Waals surface area contributed by atoms with Crippen molar-refractivity contribution in [1.82, 2.24) is 20.1 Å². The Morgan fingerprint density at radius 3 is 2.64 bits per heavy atom. The predicted molar refractivity (Wildman–Crippen MR) is 55.2 cm³/mol. The van der Waals surface area contributed by atoms with Crippen molar-refractivity contribution >= 4 is 0 Å². The summed E-state index contributed by atoms with van der Waals surface area (Å²) < 4.78 is 2.16. The molecule has 1 aliphatic heterocycles. The van der Waals surface area contributed by atoms with Crippen molar-refractivity contribution in [2.75, 3.05) is 13.1 Å². The lowest BCUT2D eigenvalue weighted by atomic mass is 9.97. The number of hydrogen-bond acceptors (Lipinski definition) is 3. The molecule has 1 aromatic heterocycles. The Morgan fingerprint density at radius 1 is 1.36 bits per heavy atom. The van der Waals surface area contributed by atoms with E-state index in [9.17, 15) is 0 Å². The second-order valence-electron chi connectivity index (χ2n) is 3.91. The summed E-state index contributed by atoms with van der Waals surface area (Å²) in [6.07, 6.45) is 3.35. The second kappa shape index (κ2) is 4.09. The Kier molecular flexibility index (Phi) is 2.82. The Balaban J connectivity index is 2.18. The van der Waals surface area contributed by atoms with Crippen LogP contribution in [0.1, 0.15) is 37.3 Å². The molecule has 14 heavy (non-hydrogen) atoms. The zero-order valence-corrected chi connectivity index (χ0v) is 8.95. The van der Waals surface area contributed by atoms with Crippen LogP contribution in [0, 0.1) is 0 Å². The lowest BCUT2D eigenvalue weighted by Crippen LogP contribution is -2.28. The molecule has 0 atom stereocenters. The molecule has 2 rings (SSSR count). The number of aryl methyl sites for hydroxylation is 1. The number of nitrogens with one attached hydrogen (secondary N) is 1. The summed E-state index contributed by atoms with van der Waals surface area (Å²) in [4.78, 5) is 0. The van der Waals surface area contributed by atoms with Crippen molar-refractivity contribution in [3.8, 4) is 0 Å². The summed E-state index contributed by atoms with van der Waals surface area (Å²) in [6, 6.07) is 0. The fourth-order valence-corrected chi connectivity index (χ4v) is 2.12. The van der Waals surface area contributed by atoms with Gasteiger partial charge in [0.15, 0.2) is 0 Å². The molecule has 1 aliphatic rings. The maximum absolute atomic E-state index is 4.30. The summed E-state index contributed by atoms with van der Waals surface area (Å²) >= 11 is 0. The van der Waals surface area contributed by atoms with E-state index in [-0.39, 0.29) is 0 Å². The highest BCUT2D eigenvalue weighted by Gasteiger charge is 2.20. The third-order valence-electron chi connectivity index (χ3n) is 3.02. The highest BCUT2D eigenvalue weighted by molar-refractivity contribution is 5.02. The largest absolute Gasteiger partial charge is 0.318 e. The third kappa shape index (κ3) is 1.66. The van der Waals surface area contributed by atoms with Crippen LogP contribution in [-0.4, -0.2) is 27.9 Å². The number of rotatable bonds is 2. The first-order valence-corrected chi connectivity index (χ1v) is 5.41. The van der Waals surface area contributed by atoms with E-state index >= 15 is 0 Å². The minimum Gasteiger partial charge on any atom is -0.318 e. The Morgan fingerprint density at radius 2 is 2.07 bits per heavy atom. The molecule has 0 spiro atoms. The van der Waals surface area contributed by atoms with Gasteiger partial charge < -0.3 is 9.88 Å². The molecule has 4 heteroatoms. The summed E-state index contributed by atoms with van der Waals surface area (Å²) in [6.45, 7) is 4.34. The minimum atomic E-state index is 0.606. The molecule has 1 aromatic rings. The van der Waals surface area contributed by atoms with Gasteiger partial charge in [-0.05, 0) is 25.9 Å². The highest BCUT2D eigenvalue weighted by atomic mass is 15.3. The predicted octanol–water partition coefficient (Wildman–Crippen LogP) is 0.845. The van der Waals surface area contributed by atoms with Crippen LogP contribution in [-0.2, 0) is 13.5 Å².